The van der Waals surface area contributed by atoms with Crippen molar-refractivity contribution in [3.05, 3.63) is 0 Å². The molecule has 7 nitrogen and oxygen atoms in total. The first kappa shape index (κ1) is 17.4. The summed E-state index contributed by atoms with van der Waals surface area (Å²) in [4.78, 5) is 48.7. The minimum absolute atomic E-state index is 0.277. The molecule has 128 valence electrons. The van der Waals surface area contributed by atoms with E-state index in [4.69, 9.17) is 4.74 Å². The Labute approximate surface area is 135 Å². The number of hydrogen-bond acceptors (Lipinski definition) is 5. The summed E-state index contributed by atoms with van der Waals surface area (Å²) >= 11 is 0. The molecule has 0 unspecified atom stereocenters. The average Bonchev–Trinajstić information content (AvgIpc) is 2.76. The maximum Gasteiger partial charge on any atom is 0.326 e. The van der Waals surface area contributed by atoms with E-state index in [0.717, 1.165) is 17.7 Å². The number of carbonyl (C=O) groups is 4. The average molecular weight is 324 g/mol. The molecule has 1 saturated carbocycles. The highest BCUT2D eigenvalue weighted by molar-refractivity contribution is 6.07. The zero-order chi connectivity index (χ0) is 17.0. The first-order valence-electron chi connectivity index (χ1n) is 8.17. The van der Waals surface area contributed by atoms with Gasteiger partial charge in [-0.2, -0.15) is 0 Å². The molecule has 1 aliphatic heterocycles. The summed E-state index contributed by atoms with van der Waals surface area (Å²) in [5.41, 5.74) is 0. The van der Waals surface area contributed by atoms with E-state index in [1.54, 1.807) is 0 Å². The first-order valence-corrected chi connectivity index (χ1v) is 8.17. The number of hydrogen-bond donors (Lipinski definition) is 1. The van der Waals surface area contributed by atoms with Crippen LogP contribution in [0.4, 0.5) is 0 Å². The molecule has 2 fully saturated rings. The van der Waals surface area contributed by atoms with Gasteiger partial charge >= 0.3 is 5.97 Å². The van der Waals surface area contributed by atoms with Gasteiger partial charge in [0.05, 0.1) is 11.8 Å². The Kier molecular flexibility index (Phi) is 5.74. The number of esters is 1. The second-order valence-corrected chi connectivity index (χ2v) is 6.62. The topological polar surface area (TPSA) is 92.8 Å². The number of fused-ring (bicyclic) bond motifs is 1. The van der Waals surface area contributed by atoms with Crippen molar-refractivity contribution in [1.82, 2.24) is 10.2 Å². The molecule has 2 aliphatic rings. The van der Waals surface area contributed by atoms with E-state index in [0.29, 0.717) is 25.3 Å². The van der Waals surface area contributed by atoms with Gasteiger partial charge in [-0.15, -0.1) is 0 Å². The predicted molar refractivity (Wildman–Crippen MR) is 81.0 cm³/mol. The zero-order valence-corrected chi connectivity index (χ0v) is 13.7. The summed E-state index contributed by atoms with van der Waals surface area (Å²) in [5.74, 6) is -1.93. The Bertz CT molecular complexity index is 479. The summed E-state index contributed by atoms with van der Waals surface area (Å²) in [6.07, 6.45) is 3.29. The lowest BCUT2D eigenvalue weighted by Crippen LogP contribution is -2.38. The van der Waals surface area contributed by atoms with Gasteiger partial charge in [0, 0.05) is 6.54 Å². The van der Waals surface area contributed by atoms with Crippen LogP contribution >= 0.6 is 0 Å². The predicted octanol–water partition coefficient (Wildman–Crippen LogP) is 0.477. The highest BCUT2D eigenvalue weighted by Crippen LogP contribution is 2.37. The van der Waals surface area contributed by atoms with Crippen LogP contribution in [0.2, 0.25) is 0 Å². The van der Waals surface area contributed by atoms with Crippen LogP contribution in [0.5, 0.6) is 0 Å². The molecule has 23 heavy (non-hydrogen) atoms. The van der Waals surface area contributed by atoms with E-state index in [-0.39, 0.29) is 29.6 Å². The molecule has 2 rings (SSSR count). The maximum absolute atomic E-state index is 12.2. The van der Waals surface area contributed by atoms with Crippen molar-refractivity contribution in [2.45, 2.75) is 39.5 Å². The van der Waals surface area contributed by atoms with E-state index in [1.165, 1.54) is 0 Å². The van der Waals surface area contributed by atoms with Crippen molar-refractivity contribution < 1.29 is 23.9 Å². The van der Waals surface area contributed by atoms with Crippen molar-refractivity contribution in [3.8, 4) is 0 Å². The van der Waals surface area contributed by atoms with E-state index < -0.39 is 19.1 Å². The number of nitrogens with one attached hydrogen (secondary N) is 1. The quantitative estimate of drug-likeness (QED) is 0.566. The highest BCUT2D eigenvalue weighted by atomic mass is 16.5. The molecule has 0 spiro atoms. The van der Waals surface area contributed by atoms with E-state index in [2.05, 4.69) is 5.32 Å². The standard InChI is InChI=1S/C16H24N2O5/c1-10(2)7-17-13(19)9-23-14(20)8-18-15(21)11-5-3-4-6-12(11)16(18)22/h10-12H,3-9H2,1-2H3,(H,17,19)/t11-,12+. The Morgan fingerprint density at radius 3 is 2.26 bits per heavy atom. The SMILES string of the molecule is CC(C)CNC(=O)COC(=O)CN1C(=O)[C@H]2CCCC[C@H]2C1=O. The van der Waals surface area contributed by atoms with Crippen molar-refractivity contribution >= 4 is 23.7 Å². The Morgan fingerprint density at radius 1 is 1.17 bits per heavy atom. The van der Waals surface area contributed by atoms with Gasteiger partial charge in [-0.25, -0.2) is 0 Å². The summed E-state index contributed by atoms with van der Waals surface area (Å²) in [5, 5.41) is 2.63. The van der Waals surface area contributed by atoms with Crippen molar-refractivity contribution in [2.75, 3.05) is 19.7 Å². The van der Waals surface area contributed by atoms with Crippen LogP contribution in [0.1, 0.15) is 39.5 Å². The molecule has 1 heterocycles. The number of imide groups is 1. The molecule has 0 aromatic rings. The monoisotopic (exact) mass is 324 g/mol. The number of amides is 3. The van der Waals surface area contributed by atoms with Gasteiger partial charge in [0.2, 0.25) is 11.8 Å². The molecule has 0 aromatic carbocycles. The van der Waals surface area contributed by atoms with Gasteiger partial charge in [0.1, 0.15) is 6.54 Å². The largest absolute Gasteiger partial charge is 0.454 e. The lowest BCUT2D eigenvalue weighted by Gasteiger charge is -2.19. The molecule has 1 N–H and O–H groups in total. The Balaban J connectivity index is 1.80. The van der Waals surface area contributed by atoms with E-state index >= 15 is 0 Å². The second kappa shape index (κ2) is 7.57. The second-order valence-electron chi connectivity index (χ2n) is 6.62. The van der Waals surface area contributed by atoms with Gasteiger partial charge in [0.15, 0.2) is 6.61 Å². The summed E-state index contributed by atoms with van der Waals surface area (Å²) in [6, 6.07) is 0. The lowest BCUT2D eigenvalue weighted by molar-refractivity contribution is -0.154. The van der Waals surface area contributed by atoms with Crippen LogP contribution in [0.15, 0.2) is 0 Å². The van der Waals surface area contributed by atoms with Crippen LogP contribution < -0.4 is 5.32 Å². The third-order valence-corrected chi connectivity index (χ3v) is 4.29. The summed E-state index contributed by atoms with van der Waals surface area (Å²) in [7, 11) is 0. The molecule has 0 radical (unpaired) electrons. The summed E-state index contributed by atoms with van der Waals surface area (Å²) in [6.45, 7) is 3.62. The van der Waals surface area contributed by atoms with Crippen LogP contribution in [0, 0.1) is 17.8 Å². The summed E-state index contributed by atoms with van der Waals surface area (Å²) < 4.78 is 4.85. The minimum Gasteiger partial charge on any atom is -0.454 e. The Morgan fingerprint density at radius 2 is 1.74 bits per heavy atom. The number of ether oxygens (including phenoxy) is 1. The van der Waals surface area contributed by atoms with Crippen molar-refractivity contribution in [3.63, 3.8) is 0 Å². The van der Waals surface area contributed by atoms with Gasteiger partial charge in [0.25, 0.3) is 5.91 Å². The van der Waals surface area contributed by atoms with E-state index in [9.17, 15) is 19.2 Å². The van der Waals surface area contributed by atoms with Crippen LogP contribution in [0.25, 0.3) is 0 Å². The molecule has 7 heteroatoms. The molecule has 0 bridgehead atoms. The molecular formula is C16H24N2O5. The van der Waals surface area contributed by atoms with Crippen LogP contribution in [-0.4, -0.2) is 48.3 Å². The third kappa shape index (κ3) is 4.30. The molecular weight excluding hydrogens is 300 g/mol. The highest BCUT2D eigenvalue weighted by Gasteiger charge is 2.48. The lowest BCUT2D eigenvalue weighted by atomic mass is 9.81. The van der Waals surface area contributed by atoms with E-state index in [1.807, 2.05) is 13.8 Å². The normalized spacial score (nSPS) is 23.9. The van der Waals surface area contributed by atoms with Gasteiger partial charge < -0.3 is 10.1 Å². The number of likely N-dealkylation sites (tertiary alicyclic amines) is 1. The molecule has 1 saturated heterocycles. The fourth-order valence-electron chi connectivity index (χ4n) is 3.08. The van der Waals surface area contributed by atoms with Crippen LogP contribution in [0.3, 0.4) is 0 Å². The zero-order valence-electron chi connectivity index (χ0n) is 13.7. The number of carbonyl (C=O) groups excluding carboxylic acids is 4. The smallest absolute Gasteiger partial charge is 0.326 e. The fourth-order valence-corrected chi connectivity index (χ4v) is 3.08. The Hall–Kier alpha value is -1.92. The molecule has 0 aromatic heterocycles. The first-order chi connectivity index (χ1) is 10.9. The molecule has 1 aliphatic carbocycles. The molecule has 3 amide bonds. The van der Waals surface area contributed by atoms with Crippen molar-refractivity contribution in [2.24, 2.45) is 17.8 Å². The van der Waals surface area contributed by atoms with Gasteiger partial charge in [-0.3, -0.25) is 24.1 Å². The number of rotatable bonds is 6. The third-order valence-electron chi connectivity index (χ3n) is 4.29. The van der Waals surface area contributed by atoms with Gasteiger partial charge in [-0.05, 0) is 18.8 Å². The van der Waals surface area contributed by atoms with Crippen molar-refractivity contribution in [1.29, 1.82) is 0 Å². The van der Waals surface area contributed by atoms with Crippen LogP contribution in [-0.2, 0) is 23.9 Å². The molecule has 2 atom stereocenters. The number of nitrogens with zero attached hydrogens (tertiary/aromatic N) is 1. The fraction of sp³-hybridized carbons (Fsp3) is 0.750. The van der Waals surface area contributed by atoms with Gasteiger partial charge in [-0.1, -0.05) is 26.7 Å². The minimum atomic E-state index is -0.731. The maximum atomic E-state index is 12.2.